The highest BCUT2D eigenvalue weighted by molar-refractivity contribution is 5.94. The largest absolute Gasteiger partial charge is 0.341 e. The molecule has 1 spiro atoms. The van der Waals surface area contributed by atoms with Gasteiger partial charge in [-0.25, -0.2) is 9.59 Å². The molecule has 3 aromatic rings. The van der Waals surface area contributed by atoms with Gasteiger partial charge in [-0.15, -0.1) is 0 Å². The van der Waals surface area contributed by atoms with E-state index in [9.17, 15) is 14.4 Å². The van der Waals surface area contributed by atoms with Gasteiger partial charge in [0, 0.05) is 55.3 Å². The van der Waals surface area contributed by atoms with Crippen LogP contribution >= 0.6 is 0 Å². The number of nitrogens with one attached hydrogen (secondary N) is 4. The van der Waals surface area contributed by atoms with Gasteiger partial charge < -0.3 is 30.7 Å². The number of benzene rings is 2. The molecular weight excluding hydrogens is 592 g/mol. The predicted molar refractivity (Wildman–Crippen MR) is 182 cm³/mol. The van der Waals surface area contributed by atoms with Gasteiger partial charge in [0.05, 0.1) is 16.7 Å². The van der Waals surface area contributed by atoms with Gasteiger partial charge in [-0.1, -0.05) is 37.6 Å². The van der Waals surface area contributed by atoms with Crippen molar-refractivity contribution in [2.24, 2.45) is 0 Å². The molecule has 4 N–H and O–H groups in total. The van der Waals surface area contributed by atoms with Crippen molar-refractivity contribution in [3.8, 4) is 0 Å². The number of aromatic nitrogens is 2. The molecule has 4 aliphatic heterocycles. The van der Waals surface area contributed by atoms with Gasteiger partial charge in [0.15, 0.2) is 0 Å². The molecule has 0 aliphatic carbocycles. The number of piperidine rings is 3. The zero-order valence-electron chi connectivity index (χ0n) is 27.7. The molecule has 3 saturated heterocycles. The summed E-state index contributed by atoms with van der Waals surface area (Å²) < 4.78 is 0. The molecule has 0 saturated carbocycles. The Morgan fingerprint density at radius 3 is 2.49 bits per heavy atom. The van der Waals surface area contributed by atoms with Gasteiger partial charge in [0.25, 0.3) is 0 Å². The second-order valence-electron chi connectivity index (χ2n) is 13.9. The molecule has 0 radical (unpaired) electrons. The van der Waals surface area contributed by atoms with Gasteiger partial charge in [-0.2, -0.15) is 5.10 Å². The highest BCUT2D eigenvalue weighted by atomic mass is 16.2. The number of nitrogens with zero attached hydrogens (tertiary/aromatic N) is 4. The molecule has 1 aromatic heterocycles. The number of likely N-dealkylation sites (tertiary alicyclic amines) is 3. The van der Waals surface area contributed by atoms with Crippen molar-refractivity contribution >= 4 is 34.6 Å². The van der Waals surface area contributed by atoms with Crippen LogP contribution in [0.1, 0.15) is 74.3 Å². The highest BCUT2D eigenvalue weighted by Gasteiger charge is 2.43. The van der Waals surface area contributed by atoms with Crippen LogP contribution in [0.2, 0.25) is 0 Å². The summed E-state index contributed by atoms with van der Waals surface area (Å²) in [5.41, 5.74) is 5.50. The molecule has 5 heterocycles. The standard InChI is InChI=1S/C36H48N8O3/c1-3-26-21-25(22-28-24(2)40-41-32(26)28)23-31(33(45)43-17-11-27(12-18-43)42-15-7-4-8-16-42)38-35(47)44-19-13-36(14-20-44)29-9-5-6-10-30(29)37-34(46)39-36/h5-6,9-10,21-22,27,31H,3-4,7-8,11-20,23H2,1-2H3,(H,38,47)(H,40,41)(H2,37,39,46). The molecule has 1 atom stereocenters. The van der Waals surface area contributed by atoms with E-state index in [2.05, 4.69) is 50.1 Å². The third-order valence-corrected chi connectivity index (χ3v) is 11.1. The zero-order chi connectivity index (χ0) is 32.5. The maximum atomic E-state index is 14.3. The monoisotopic (exact) mass is 640 g/mol. The van der Waals surface area contributed by atoms with E-state index in [-0.39, 0.29) is 18.0 Å². The summed E-state index contributed by atoms with van der Waals surface area (Å²) in [6.07, 6.45) is 8.25. The first-order valence-corrected chi connectivity index (χ1v) is 17.6. The minimum Gasteiger partial charge on any atom is -0.341 e. The lowest BCUT2D eigenvalue weighted by atomic mass is 9.79. The summed E-state index contributed by atoms with van der Waals surface area (Å²) in [6.45, 7) is 8.82. The van der Waals surface area contributed by atoms with Gasteiger partial charge in [-0.3, -0.25) is 9.89 Å². The molecule has 11 heteroatoms. The van der Waals surface area contributed by atoms with Crippen molar-refractivity contribution in [1.82, 2.24) is 35.5 Å². The summed E-state index contributed by atoms with van der Waals surface area (Å²) in [5.74, 6) is -0.00877. The molecule has 250 valence electrons. The number of H-pyrrole nitrogens is 1. The highest BCUT2D eigenvalue weighted by Crippen LogP contribution is 2.39. The Hall–Kier alpha value is -4.12. The molecular formula is C36H48N8O3. The Balaban J connectivity index is 1.08. The third kappa shape index (κ3) is 6.29. The number of aromatic amines is 1. The lowest BCUT2D eigenvalue weighted by Gasteiger charge is -2.45. The van der Waals surface area contributed by atoms with Gasteiger partial charge in [0.1, 0.15) is 6.04 Å². The van der Waals surface area contributed by atoms with E-state index in [0.29, 0.717) is 51.5 Å². The molecule has 1 unspecified atom stereocenters. The Bertz CT molecular complexity index is 1630. The van der Waals surface area contributed by atoms with Crippen molar-refractivity contribution in [2.75, 3.05) is 44.6 Å². The van der Waals surface area contributed by atoms with E-state index >= 15 is 0 Å². The van der Waals surface area contributed by atoms with Gasteiger partial charge in [-0.05, 0) is 88.2 Å². The maximum absolute atomic E-state index is 14.3. The van der Waals surface area contributed by atoms with Crippen LogP contribution in [0.25, 0.3) is 10.9 Å². The first-order valence-electron chi connectivity index (χ1n) is 17.6. The quantitative estimate of drug-likeness (QED) is 0.312. The lowest BCUT2D eigenvalue weighted by molar-refractivity contribution is -0.135. The fourth-order valence-corrected chi connectivity index (χ4v) is 8.35. The molecule has 47 heavy (non-hydrogen) atoms. The maximum Gasteiger partial charge on any atom is 0.319 e. The van der Waals surface area contributed by atoms with Crippen molar-refractivity contribution in [3.63, 3.8) is 0 Å². The van der Waals surface area contributed by atoms with E-state index in [4.69, 9.17) is 0 Å². The smallest absolute Gasteiger partial charge is 0.319 e. The van der Waals surface area contributed by atoms with Crippen LogP contribution in [0, 0.1) is 6.92 Å². The van der Waals surface area contributed by atoms with Crippen molar-refractivity contribution in [3.05, 3.63) is 58.8 Å². The Labute approximate surface area is 276 Å². The second kappa shape index (κ2) is 13.2. The van der Waals surface area contributed by atoms with E-state index in [0.717, 1.165) is 71.3 Å². The predicted octanol–water partition coefficient (Wildman–Crippen LogP) is 4.66. The zero-order valence-corrected chi connectivity index (χ0v) is 27.7. The number of carbonyl (C=O) groups excluding carboxylic acids is 3. The van der Waals surface area contributed by atoms with Crippen molar-refractivity contribution < 1.29 is 14.4 Å². The van der Waals surface area contributed by atoms with E-state index in [1.54, 1.807) is 4.90 Å². The number of rotatable bonds is 6. The van der Waals surface area contributed by atoms with Crippen molar-refractivity contribution in [1.29, 1.82) is 0 Å². The Morgan fingerprint density at radius 2 is 1.74 bits per heavy atom. The minimum absolute atomic E-state index is 0.00877. The average Bonchev–Trinajstić information content (AvgIpc) is 3.48. The van der Waals surface area contributed by atoms with Crippen LogP contribution in [0.4, 0.5) is 15.3 Å². The number of anilines is 1. The van der Waals surface area contributed by atoms with E-state index < -0.39 is 11.6 Å². The lowest BCUT2D eigenvalue weighted by Crippen LogP contribution is -2.60. The number of aryl methyl sites for hydroxylation is 2. The number of urea groups is 2. The molecule has 11 nitrogen and oxygen atoms in total. The van der Waals surface area contributed by atoms with Crippen molar-refractivity contribution in [2.45, 2.75) is 89.3 Å². The number of carbonyl (C=O) groups is 3. The molecule has 3 fully saturated rings. The fraction of sp³-hybridized carbons (Fsp3) is 0.556. The normalized spacial score (nSPS) is 20.9. The molecule has 7 rings (SSSR count). The number of amides is 5. The number of fused-ring (bicyclic) bond motifs is 3. The summed E-state index contributed by atoms with van der Waals surface area (Å²) >= 11 is 0. The number of para-hydroxylation sites is 1. The molecule has 2 aromatic carbocycles. The van der Waals surface area contributed by atoms with Crippen LogP contribution in [-0.2, 0) is 23.2 Å². The summed E-state index contributed by atoms with van der Waals surface area (Å²) in [5, 5.41) is 17.9. The topological polar surface area (TPSA) is 126 Å². The Kier molecular flexibility index (Phi) is 8.83. The fourth-order valence-electron chi connectivity index (χ4n) is 8.35. The molecule has 0 bridgehead atoms. The van der Waals surface area contributed by atoms with Gasteiger partial charge in [0.2, 0.25) is 5.91 Å². The van der Waals surface area contributed by atoms with Crippen LogP contribution in [0.15, 0.2) is 36.4 Å². The van der Waals surface area contributed by atoms with Gasteiger partial charge >= 0.3 is 12.1 Å². The first kappa shape index (κ1) is 31.5. The van der Waals surface area contributed by atoms with Crippen LogP contribution in [-0.4, -0.2) is 94.2 Å². The average molecular weight is 641 g/mol. The molecule has 4 aliphatic rings. The van der Waals surface area contributed by atoms with Crippen LogP contribution < -0.4 is 16.0 Å². The third-order valence-electron chi connectivity index (χ3n) is 11.1. The summed E-state index contributed by atoms with van der Waals surface area (Å²) in [4.78, 5) is 47.1. The number of hydrogen-bond donors (Lipinski definition) is 4. The SMILES string of the molecule is CCc1cc(CC(NC(=O)N2CCC3(CC2)NC(=O)Nc2ccccc23)C(=O)N2CCC(N3CCCCC3)CC2)cc2c(C)n[nH]c12. The summed E-state index contributed by atoms with van der Waals surface area (Å²) in [7, 11) is 0. The second-order valence-corrected chi connectivity index (χ2v) is 13.9. The number of hydrogen-bond acceptors (Lipinski definition) is 5. The molecule has 5 amide bonds. The first-order chi connectivity index (χ1) is 22.8. The minimum atomic E-state index is -0.682. The summed E-state index contributed by atoms with van der Waals surface area (Å²) in [6, 6.07) is 11.5. The van der Waals surface area contributed by atoms with Crippen LogP contribution in [0.5, 0.6) is 0 Å². The van der Waals surface area contributed by atoms with E-state index in [1.165, 1.54) is 19.3 Å². The van der Waals surface area contributed by atoms with Crippen LogP contribution in [0.3, 0.4) is 0 Å². The van der Waals surface area contributed by atoms with E-state index in [1.807, 2.05) is 36.1 Å². The Morgan fingerprint density at radius 1 is 1.00 bits per heavy atom.